The SMILES string of the molecule is CCOC(=O)NNC(=O)CCc1ccc2c(c1)OCCO2. The minimum Gasteiger partial charge on any atom is -0.486 e. The van der Waals surface area contributed by atoms with Crippen molar-refractivity contribution >= 4 is 12.0 Å². The minimum atomic E-state index is -0.676. The highest BCUT2D eigenvalue weighted by atomic mass is 16.6. The Kier molecular flexibility index (Phi) is 5.25. The smallest absolute Gasteiger partial charge is 0.426 e. The molecule has 7 nitrogen and oxygen atoms in total. The first-order valence-electron chi connectivity index (χ1n) is 6.79. The fraction of sp³-hybridized carbons (Fsp3) is 0.429. The van der Waals surface area contributed by atoms with Gasteiger partial charge in [0.15, 0.2) is 11.5 Å². The van der Waals surface area contributed by atoms with Crippen LogP contribution in [0.15, 0.2) is 18.2 Å². The number of benzene rings is 1. The molecule has 0 saturated carbocycles. The van der Waals surface area contributed by atoms with Crippen molar-refractivity contribution < 1.29 is 23.8 Å². The molecule has 0 bridgehead atoms. The molecule has 1 aromatic carbocycles. The molecule has 7 heteroatoms. The molecule has 0 atom stereocenters. The van der Waals surface area contributed by atoms with Gasteiger partial charge in [0.25, 0.3) is 0 Å². The molecule has 0 radical (unpaired) electrons. The largest absolute Gasteiger partial charge is 0.486 e. The molecule has 2 N–H and O–H groups in total. The summed E-state index contributed by atoms with van der Waals surface area (Å²) in [4.78, 5) is 22.6. The zero-order valence-electron chi connectivity index (χ0n) is 11.8. The summed E-state index contributed by atoms with van der Waals surface area (Å²) in [5.74, 6) is 1.13. The molecule has 0 spiro atoms. The van der Waals surface area contributed by atoms with Crippen molar-refractivity contribution in [2.45, 2.75) is 19.8 Å². The van der Waals surface area contributed by atoms with E-state index in [2.05, 4.69) is 15.6 Å². The van der Waals surface area contributed by atoms with Gasteiger partial charge in [-0.15, -0.1) is 0 Å². The molecule has 2 amide bonds. The van der Waals surface area contributed by atoms with Crippen LogP contribution in [0.1, 0.15) is 18.9 Å². The molecule has 0 aliphatic carbocycles. The van der Waals surface area contributed by atoms with Gasteiger partial charge in [-0.25, -0.2) is 10.2 Å². The van der Waals surface area contributed by atoms with E-state index < -0.39 is 6.09 Å². The van der Waals surface area contributed by atoms with Gasteiger partial charge in [-0.1, -0.05) is 6.07 Å². The normalized spacial score (nSPS) is 12.4. The third-order valence-electron chi connectivity index (χ3n) is 2.83. The van der Waals surface area contributed by atoms with Crippen LogP contribution in [0.2, 0.25) is 0 Å². The van der Waals surface area contributed by atoms with Crippen molar-refractivity contribution in [2.75, 3.05) is 19.8 Å². The van der Waals surface area contributed by atoms with Gasteiger partial charge in [0.1, 0.15) is 13.2 Å². The van der Waals surface area contributed by atoms with E-state index in [-0.39, 0.29) is 18.9 Å². The molecule has 1 aliphatic rings. The van der Waals surface area contributed by atoms with Gasteiger partial charge in [-0.3, -0.25) is 10.2 Å². The fourth-order valence-corrected chi connectivity index (χ4v) is 1.85. The van der Waals surface area contributed by atoms with Gasteiger partial charge in [-0.2, -0.15) is 0 Å². The molecule has 0 fully saturated rings. The van der Waals surface area contributed by atoms with Gasteiger partial charge in [-0.05, 0) is 31.0 Å². The van der Waals surface area contributed by atoms with Gasteiger partial charge < -0.3 is 14.2 Å². The second-order valence-corrected chi connectivity index (χ2v) is 4.37. The van der Waals surface area contributed by atoms with E-state index in [1.807, 2.05) is 18.2 Å². The number of carbonyl (C=O) groups excluding carboxylic acids is 2. The summed E-state index contributed by atoms with van der Waals surface area (Å²) >= 11 is 0. The molecule has 2 rings (SSSR count). The number of amides is 2. The predicted molar refractivity (Wildman–Crippen MR) is 74.1 cm³/mol. The lowest BCUT2D eigenvalue weighted by Crippen LogP contribution is -2.42. The van der Waals surface area contributed by atoms with E-state index in [9.17, 15) is 9.59 Å². The zero-order valence-corrected chi connectivity index (χ0v) is 11.8. The summed E-state index contributed by atoms with van der Waals surface area (Å²) in [5, 5.41) is 0. The summed E-state index contributed by atoms with van der Waals surface area (Å²) in [5.41, 5.74) is 5.41. The third-order valence-corrected chi connectivity index (χ3v) is 2.83. The van der Waals surface area contributed by atoms with Crippen LogP contribution < -0.4 is 20.3 Å². The van der Waals surface area contributed by atoms with Crippen molar-refractivity contribution in [1.82, 2.24) is 10.9 Å². The lowest BCUT2D eigenvalue weighted by Gasteiger charge is -2.18. The second-order valence-electron chi connectivity index (χ2n) is 4.37. The third kappa shape index (κ3) is 4.55. The topological polar surface area (TPSA) is 85.9 Å². The maximum Gasteiger partial charge on any atom is 0.426 e. The lowest BCUT2D eigenvalue weighted by atomic mass is 10.1. The van der Waals surface area contributed by atoms with E-state index in [0.717, 1.165) is 11.3 Å². The molecule has 1 aromatic rings. The van der Waals surface area contributed by atoms with E-state index >= 15 is 0 Å². The molecule has 1 heterocycles. The minimum absolute atomic E-state index is 0.242. The second kappa shape index (κ2) is 7.37. The first-order valence-corrected chi connectivity index (χ1v) is 6.79. The monoisotopic (exact) mass is 294 g/mol. The number of hydrogen-bond donors (Lipinski definition) is 2. The van der Waals surface area contributed by atoms with Crippen LogP contribution in [-0.2, 0) is 16.0 Å². The number of ether oxygens (including phenoxy) is 3. The number of rotatable bonds is 4. The maximum absolute atomic E-state index is 11.6. The highest BCUT2D eigenvalue weighted by Gasteiger charge is 2.12. The van der Waals surface area contributed by atoms with E-state index in [1.165, 1.54) is 0 Å². The van der Waals surface area contributed by atoms with Gasteiger partial charge in [0, 0.05) is 6.42 Å². The molecule has 0 saturated heterocycles. The quantitative estimate of drug-likeness (QED) is 0.814. The van der Waals surface area contributed by atoms with Crippen LogP contribution in [0.5, 0.6) is 11.5 Å². The number of hydrazine groups is 1. The van der Waals surface area contributed by atoms with Crippen molar-refractivity contribution in [3.8, 4) is 11.5 Å². The Hall–Kier alpha value is -2.44. The van der Waals surface area contributed by atoms with Crippen LogP contribution in [0.3, 0.4) is 0 Å². The first kappa shape index (κ1) is 15.0. The average Bonchev–Trinajstić information content (AvgIpc) is 2.51. The highest BCUT2D eigenvalue weighted by Crippen LogP contribution is 2.30. The van der Waals surface area contributed by atoms with Crippen LogP contribution in [0.25, 0.3) is 0 Å². The molecule has 0 unspecified atom stereocenters. The van der Waals surface area contributed by atoms with Crippen molar-refractivity contribution in [1.29, 1.82) is 0 Å². The average molecular weight is 294 g/mol. The fourth-order valence-electron chi connectivity index (χ4n) is 1.85. The van der Waals surface area contributed by atoms with Crippen molar-refractivity contribution in [3.05, 3.63) is 23.8 Å². The van der Waals surface area contributed by atoms with Crippen LogP contribution in [0, 0.1) is 0 Å². The maximum atomic E-state index is 11.6. The Morgan fingerprint density at radius 2 is 1.95 bits per heavy atom. The molecular formula is C14H18N2O5. The van der Waals surface area contributed by atoms with E-state index in [4.69, 9.17) is 9.47 Å². The molecule has 1 aliphatic heterocycles. The van der Waals surface area contributed by atoms with Gasteiger partial charge in [0.05, 0.1) is 6.61 Å². The van der Waals surface area contributed by atoms with E-state index in [0.29, 0.717) is 25.4 Å². The molecular weight excluding hydrogens is 276 g/mol. The molecule has 0 aromatic heterocycles. The number of aryl methyl sites for hydroxylation is 1. The molecule has 114 valence electrons. The van der Waals surface area contributed by atoms with Crippen molar-refractivity contribution in [2.24, 2.45) is 0 Å². The summed E-state index contributed by atoms with van der Waals surface area (Å²) in [6, 6.07) is 5.58. The standard InChI is InChI=1S/C14H18N2O5/c1-2-19-14(18)16-15-13(17)6-4-10-3-5-11-12(9-10)21-8-7-20-11/h3,5,9H,2,4,6-8H2,1H3,(H,15,17)(H,16,18). The van der Waals surface area contributed by atoms with Gasteiger partial charge in [0.2, 0.25) is 5.91 Å². The predicted octanol–water partition coefficient (Wildman–Crippen LogP) is 1.17. The zero-order chi connectivity index (χ0) is 15.1. The Morgan fingerprint density at radius 3 is 2.71 bits per heavy atom. The van der Waals surface area contributed by atoms with Crippen LogP contribution in [-0.4, -0.2) is 31.8 Å². The summed E-state index contributed by atoms with van der Waals surface area (Å²) < 4.78 is 15.5. The Bertz CT molecular complexity index is 518. The van der Waals surface area contributed by atoms with Gasteiger partial charge >= 0.3 is 6.09 Å². The van der Waals surface area contributed by atoms with E-state index in [1.54, 1.807) is 6.92 Å². The lowest BCUT2D eigenvalue weighted by molar-refractivity contribution is -0.121. The highest BCUT2D eigenvalue weighted by molar-refractivity contribution is 5.79. The summed E-state index contributed by atoms with van der Waals surface area (Å²) in [7, 11) is 0. The summed E-state index contributed by atoms with van der Waals surface area (Å²) in [6.07, 6.45) is 0.101. The number of nitrogens with one attached hydrogen (secondary N) is 2. The summed E-state index contributed by atoms with van der Waals surface area (Å²) in [6.45, 7) is 3.01. The number of fused-ring (bicyclic) bond motifs is 1. The van der Waals surface area contributed by atoms with Crippen LogP contribution >= 0.6 is 0 Å². The Balaban J connectivity index is 1.77. The first-order chi connectivity index (χ1) is 10.2. The Morgan fingerprint density at radius 1 is 1.19 bits per heavy atom. The Labute approximate surface area is 122 Å². The molecule has 21 heavy (non-hydrogen) atoms. The van der Waals surface area contributed by atoms with Crippen LogP contribution in [0.4, 0.5) is 4.79 Å². The number of carbonyl (C=O) groups is 2. The number of hydrogen-bond acceptors (Lipinski definition) is 5. The van der Waals surface area contributed by atoms with Crippen molar-refractivity contribution in [3.63, 3.8) is 0 Å².